The fourth-order valence-corrected chi connectivity index (χ4v) is 3.87. The van der Waals surface area contributed by atoms with Crippen LogP contribution < -0.4 is 4.72 Å². The van der Waals surface area contributed by atoms with E-state index in [-0.39, 0.29) is 22.7 Å². The Hall–Kier alpha value is -1.20. The molecule has 128 valence electrons. The predicted octanol–water partition coefficient (Wildman–Crippen LogP) is 3.09. The van der Waals surface area contributed by atoms with E-state index in [1.165, 1.54) is 11.1 Å². The average Bonchev–Trinajstić information content (AvgIpc) is 2.48. The van der Waals surface area contributed by atoms with E-state index in [1.807, 2.05) is 39.8 Å². The Kier molecular flexibility index (Phi) is 5.98. The topological polar surface area (TPSA) is 55.4 Å². The first kappa shape index (κ1) is 18.1. The Balaban J connectivity index is 2.23. The summed E-state index contributed by atoms with van der Waals surface area (Å²) in [5.74, 6) is -0.187. The van der Waals surface area contributed by atoms with Crippen molar-refractivity contribution in [2.75, 3.05) is 6.61 Å². The third-order valence-corrected chi connectivity index (χ3v) is 5.80. The minimum Gasteiger partial charge on any atom is -0.466 e. The van der Waals surface area contributed by atoms with E-state index in [0.29, 0.717) is 13.0 Å². The van der Waals surface area contributed by atoms with Gasteiger partial charge in [-0.2, -0.15) is 0 Å². The fraction of sp³-hybridized carbons (Fsp3) is 0.611. The third-order valence-electron chi connectivity index (χ3n) is 4.17. The second-order valence-corrected chi connectivity index (χ2v) is 8.96. The molecule has 1 aliphatic rings. The molecule has 3 atom stereocenters. The number of benzene rings is 1. The van der Waals surface area contributed by atoms with Crippen LogP contribution in [0, 0.1) is 0 Å². The van der Waals surface area contributed by atoms with Crippen LogP contribution in [0.2, 0.25) is 0 Å². The quantitative estimate of drug-likeness (QED) is 0.840. The molecule has 0 aliphatic heterocycles. The molecule has 0 spiro atoms. The lowest BCUT2D eigenvalue weighted by Gasteiger charge is -2.35. The van der Waals surface area contributed by atoms with E-state index in [2.05, 4.69) is 16.9 Å². The molecule has 0 fully saturated rings. The summed E-state index contributed by atoms with van der Waals surface area (Å²) in [6.07, 6.45) is 2.14. The number of ether oxygens (including phenoxy) is 1. The highest BCUT2D eigenvalue weighted by Crippen LogP contribution is 2.35. The minimum absolute atomic E-state index is 0.00491. The smallest absolute Gasteiger partial charge is 0.306 e. The highest BCUT2D eigenvalue weighted by atomic mass is 32.2. The van der Waals surface area contributed by atoms with Crippen LogP contribution >= 0.6 is 0 Å². The molecular weight excluding hydrogens is 310 g/mol. The highest BCUT2D eigenvalue weighted by Gasteiger charge is 2.34. The van der Waals surface area contributed by atoms with E-state index >= 15 is 0 Å². The Morgan fingerprint density at radius 2 is 2.04 bits per heavy atom. The molecule has 0 saturated heterocycles. The molecule has 0 bridgehead atoms. The van der Waals surface area contributed by atoms with Gasteiger partial charge in [-0.3, -0.25) is 4.79 Å². The van der Waals surface area contributed by atoms with Crippen molar-refractivity contribution < 1.29 is 13.7 Å². The zero-order valence-corrected chi connectivity index (χ0v) is 15.2. The number of hydrogen-bond acceptors (Lipinski definition) is 3. The molecule has 0 heterocycles. The van der Waals surface area contributed by atoms with Crippen molar-refractivity contribution in [1.82, 2.24) is 4.72 Å². The lowest BCUT2D eigenvalue weighted by molar-refractivity contribution is -0.143. The minimum atomic E-state index is -1.15. The van der Waals surface area contributed by atoms with Gasteiger partial charge in [0.1, 0.15) is 0 Å². The van der Waals surface area contributed by atoms with Crippen LogP contribution in [0.4, 0.5) is 0 Å². The van der Waals surface area contributed by atoms with Gasteiger partial charge in [-0.05, 0) is 51.7 Å². The van der Waals surface area contributed by atoms with Gasteiger partial charge in [-0.25, -0.2) is 8.93 Å². The number of fused-ring (bicyclic) bond motifs is 1. The van der Waals surface area contributed by atoms with Crippen molar-refractivity contribution in [1.29, 1.82) is 0 Å². The van der Waals surface area contributed by atoms with Crippen molar-refractivity contribution in [3.8, 4) is 0 Å². The zero-order valence-electron chi connectivity index (χ0n) is 14.4. The molecule has 23 heavy (non-hydrogen) atoms. The Labute approximate surface area is 141 Å². The van der Waals surface area contributed by atoms with E-state index in [0.717, 1.165) is 12.8 Å². The summed E-state index contributed by atoms with van der Waals surface area (Å²) < 4.78 is 20.6. The van der Waals surface area contributed by atoms with Crippen LogP contribution in [0.15, 0.2) is 24.3 Å². The van der Waals surface area contributed by atoms with E-state index in [4.69, 9.17) is 4.74 Å². The molecule has 0 amide bonds. The summed E-state index contributed by atoms with van der Waals surface area (Å²) in [6.45, 7) is 8.06. The number of esters is 1. The van der Waals surface area contributed by atoms with E-state index in [9.17, 15) is 9.00 Å². The fourth-order valence-electron chi connectivity index (χ4n) is 2.96. The number of nitrogens with one attached hydrogen (secondary N) is 1. The van der Waals surface area contributed by atoms with Gasteiger partial charge < -0.3 is 4.74 Å². The van der Waals surface area contributed by atoms with Crippen LogP contribution in [-0.2, 0) is 26.9 Å². The summed E-state index contributed by atoms with van der Waals surface area (Å²) in [4.78, 5) is 12.0. The number of hydrogen-bond donors (Lipinski definition) is 1. The van der Waals surface area contributed by atoms with Crippen molar-refractivity contribution in [3.63, 3.8) is 0 Å². The summed E-state index contributed by atoms with van der Waals surface area (Å²) >= 11 is 0. The lowest BCUT2D eigenvalue weighted by Crippen LogP contribution is -2.45. The normalized spacial score (nSPS) is 22.3. The van der Waals surface area contributed by atoms with Crippen LogP contribution in [0.3, 0.4) is 0 Å². The highest BCUT2D eigenvalue weighted by molar-refractivity contribution is 7.84. The molecule has 0 radical (unpaired) electrons. The predicted molar refractivity (Wildman–Crippen MR) is 93.6 cm³/mol. The van der Waals surface area contributed by atoms with Crippen molar-refractivity contribution in [2.45, 2.75) is 63.7 Å². The molecule has 5 heteroatoms. The van der Waals surface area contributed by atoms with Gasteiger partial charge in [0.15, 0.2) is 0 Å². The third kappa shape index (κ3) is 4.64. The molecule has 1 N–H and O–H groups in total. The van der Waals surface area contributed by atoms with Crippen LogP contribution in [0.25, 0.3) is 0 Å². The van der Waals surface area contributed by atoms with Gasteiger partial charge in [0.2, 0.25) is 0 Å². The first-order valence-electron chi connectivity index (χ1n) is 8.24. The molecule has 0 aromatic heterocycles. The van der Waals surface area contributed by atoms with Gasteiger partial charge in [0.05, 0.1) is 28.8 Å². The monoisotopic (exact) mass is 337 g/mol. The standard InChI is InChI=1S/C18H27NO3S/c1-5-22-17(20)12-15-14-9-7-6-8-13(14)10-11-16(15)19-23(21)18(2,3)4/h6-9,15-16,19H,5,10-12H2,1-4H3/t15-,16-,23?/m0/s1. The van der Waals surface area contributed by atoms with Crippen LogP contribution in [-0.4, -0.2) is 27.6 Å². The van der Waals surface area contributed by atoms with Gasteiger partial charge in [-0.15, -0.1) is 0 Å². The molecule has 1 aliphatic carbocycles. The van der Waals surface area contributed by atoms with Crippen molar-refractivity contribution in [3.05, 3.63) is 35.4 Å². The van der Waals surface area contributed by atoms with Gasteiger partial charge in [-0.1, -0.05) is 24.3 Å². The molecule has 1 unspecified atom stereocenters. The van der Waals surface area contributed by atoms with Crippen LogP contribution in [0.5, 0.6) is 0 Å². The van der Waals surface area contributed by atoms with Crippen molar-refractivity contribution >= 4 is 17.0 Å². The van der Waals surface area contributed by atoms with Crippen LogP contribution in [0.1, 0.15) is 57.6 Å². The Bertz CT molecular complexity index is 580. The molecule has 0 saturated carbocycles. The van der Waals surface area contributed by atoms with Gasteiger partial charge in [0.25, 0.3) is 0 Å². The molecule has 1 aromatic rings. The second-order valence-electron chi connectivity index (χ2n) is 6.96. The molecule has 2 rings (SSSR count). The molecule has 4 nitrogen and oxygen atoms in total. The summed E-state index contributed by atoms with van der Waals surface area (Å²) in [5.41, 5.74) is 2.46. The maximum Gasteiger partial charge on any atom is 0.306 e. The Morgan fingerprint density at radius 3 is 2.70 bits per heavy atom. The first-order chi connectivity index (χ1) is 10.8. The number of aryl methyl sites for hydroxylation is 1. The SMILES string of the molecule is CCOC(=O)C[C@H]1c2ccccc2CC[C@@H]1NS(=O)C(C)(C)C. The van der Waals surface area contributed by atoms with Crippen molar-refractivity contribution in [2.24, 2.45) is 0 Å². The Morgan fingerprint density at radius 1 is 1.35 bits per heavy atom. The summed E-state index contributed by atoms with van der Waals surface area (Å²) in [5, 5.41) is 0. The molecule has 1 aromatic carbocycles. The summed E-state index contributed by atoms with van der Waals surface area (Å²) in [7, 11) is -1.15. The number of carbonyl (C=O) groups excluding carboxylic acids is 1. The van der Waals surface area contributed by atoms with Gasteiger partial charge >= 0.3 is 5.97 Å². The average molecular weight is 337 g/mol. The van der Waals surface area contributed by atoms with E-state index in [1.54, 1.807) is 0 Å². The first-order valence-corrected chi connectivity index (χ1v) is 9.39. The van der Waals surface area contributed by atoms with Gasteiger partial charge in [0, 0.05) is 12.0 Å². The number of rotatable bonds is 5. The summed E-state index contributed by atoms with van der Waals surface area (Å²) in [6, 6.07) is 8.24. The second kappa shape index (κ2) is 7.58. The lowest BCUT2D eigenvalue weighted by atomic mass is 9.78. The largest absolute Gasteiger partial charge is 0.466 e. The van der Waals surface area contributed by atoms with E-state index < -0.39 is 11.0 Å². The molecular formula is C18H27NO3S. The zero-order chi connectivity index (χ0) is 17.0. The maximum atomic E-state index is 12.5. The maximum absolute atomic E-state index is 12.5. The number of carbonyl (C=O) groups is 1.